The van der Waals surface area contributed by atoms with Crippen molar-refractivity contribution < 1.29 is 14.3 Å². The zero-order valence-electron chi connectivity index (χ0n) is 15.0. The highest BCUT2D eigenvalue weighted by atomic mass is 16.5. The molecule has 0 N–H and O–H groups in total. The fraction of sp³-hybridized carbons (Fsp3) is 0.350. The lowest BCUT2D eigenvalue weighted by Crippen LogP contribution is -2.48. The van der Waals surface area contributed by atoms with Crippen LogP contribution in [0.5, 0.6) is 11.5 Å². The molecule has 3 rings (SSSR count). The fourth-order valence-electron chi connectivity index (χ4n) is 3.17. The van der Waals surface area contributed by atoms with Crippen LogP contribution in [0.2, 0.25) is 0 Å². The second-order valence-electron chi connectivity index (χ2n) is 6.13. The molecule has 0 spiro atoms. The molecule has 0 aliphatic carbocycles. The van der Waals surface area contributed by atoms with Gasteiger partial charge in [-0.15, -0.1) is 0 Å². The van der Waals surface area contributed by atoms with E-state index in [2.05, 4.69) is 4.90 Å². The van der Waals surface area contributed by atoms with E-state index < -0.39 is 0 Å². The van der Waals surface area contributed by atoms with Gasteiger partial charge in [0.05, 0.1) is 14.2 Å². The summed E-state index contributed by atoms with van der Waals surface area (Å²) in [4.78, 5) is 16.9. The van der Waals surface area contributed by atoms with Crippen molar-refractivity contribution in [2.45, 2.75) is 6.92 Å². The third kappa shape index (κ3) is 3.55. The molecule has 1 aliphatic rings. The molecule has 0 radical (unpaired) electrons. The highest BCUT2D eigenvalue weighted by Gasteiger charge is 2.23. The van der Waals surface area contributed by atoms with Crippen LogP contribution < -0.4 is 14.4 Å². The third-order valence-corrected chi connectivity index (χ3v) is 4.67. The number of nitrogens with zero attached hydrogens (tertiary/aromatic N) is 2. The Morgan fingerprint density at radius 1 is 0.920 bits per heavy atom. The maximum absolute atomic E-state index is 12.7. The monoisotopic (exact) mass is 340 g/mol. The Bertz CT molecular complexity index is 752. The quantitative estimate of drug-likeness (QED) is 0.858. The lowest BCUT2D eigenvalue weighted by molar-refractivity contribution is 0.0746. The average Bonchev–Trinajstić information content (AvgIpc) is 2.67. The summed E-state index contributed by atoms with van der Waals surface area (Å²) in [7, 11) is 3.27. The van der Waals surface area contributed by atoms with Gasteiger partial charge >= 0.3 is 0 Å². The third-order valence-electron chi connectivity index (χ3n) is 4.67. The molecule has 2 aromatic carbocycles. The molecular weight excluding hydrogens is 316 g/mol. The van der Waals surface area contributed by atoms with Crippen LogP contribution in [0.1, 0.15) is 15.9 Å². The minimum Gasteiger partial charge on any atom is -0.493 e. The Balaban J connectivity index is 1.68. The van der Waals surface area contributed by atoms with Crippen LogP contribution in [0.4, 0.5) is 5.69 Å². The zero-order valence-corrected chi connectivity index (χ0v) is 15.0. The van der Waals surface area contributed by atoms with Gasteiger partial charge in [-0.2, -0.15) is 0 Å². The highest BCUT2D eigenvalue weighted by molar-refractivity contribution is 5.95. The van der Waals surface area contributed by atoms with E-state index in [-0.39, 0.29) is 5.91 Å². The maximum atomic E-state index is 12.7. The number of piperazine rings is 1. The van der Waals surface area contributed by atoms with Gasteiger partial charge in [0.2, 0.25) is 0 Å². The van der Waals surface area contributed by atoms with Crippen LogP contribution in [0.15, 0.2) is 42.5 Å². The van der Waals surface area contributed by atoms with Crippen molar-refractivity contribution in [3.63, 3.8) is 0 Å². The van der Waals surface area contributed by atoms with Gasteiger partial charge in [-0.3, -0.25) is 4.79 Å². The summed E-state index contributed by atoms with van der Waals surface area (Å²) in [5, 5.41) is 0. The number of rotatable bonds is 4. The van der Waals surface area contributed by atoms with Crippen molar-refractivity contribution in [2.24, 2.45) is 0 Å². The first-order chi connectivity index (χ1) is 12.1. The molecule has 5 nitrogen and oxygen atoms in total. The number of hydrogen-bond donors (Lipinski definition) is 0. The molecule has 25 heavy (non-hydrogen) atoms. The van der Waals surface area contributed by atoms with Gasteiger partial charge in [0, 0.05) is 43.5 Å². The summed E-state index contributed by atoms with van der Waals surface area (Å²) in [5.74, 6) is 1.56. The van der Waals surface area contributed by atoms with Crippen molar-refractivity contribution in [3.8, 4) is 11.5 Å². The molecule has 0 saturated carbocycles. The number of methoxy groups -OCH3 is 2. The van der Waals surface area contributed by atoms with Gasteiger partial charge in [0.25, 0.3) is 5.91 Å². The van der Waals surface area contributed by atoms with Crippen LogP contribution in [0.25, 0.3) is 0 Å². The van der Waals surface area contributed by atoms with E-state index in [0.29, 0.717) is 13.1 Å². The van der Waals surface area contributed by atoms with Gasteiger partial charge in [-0.05, 0) is 30.7 Å². The average molecular weight is 340 g/mol. The number of ether oxygens (including phenoxy) is 2. The molecule has 1 amide bonds. The predicted molar refractivity (Wildman–Crippen MR) is 98.8 cm³/mol. The molecule has 0 unspecified atom stereocenters. The number of amides is 1. The van der Waals surface area contributed by atoms with Gasteiger partial charge < -0.3 is 19.3 Å². The van der Waals surface area contributed by atoms with Crippen molar-refractivity contribution in [2.75, 3.05) is 45.3 Å². The molecule has 5 heteroatoms. The van der Waals surface area contributed by atoms with Crippen LogP contribution in [0, 0.1) is 6.92 Å². The predicted octanol–water partition coefficient (Wildman–Crippen LogP) is 2.97. The van der Waals surface area contributed by atoms with Crippen molar-refractivity contribution in [3.05, 3.63) is 53.6 Å². The Hall–Kier alpha value is -2.69. The molecule has 0 bridgehead atoms. The first-order valence-electron chi connectivity index (χ1n) is 8.46. The summed E-state index contributed by atoms with van der Waals surface area (Å²) in [5.41, 5.74) is 2.90. The summed E-state index contributed by atoms with van der Waals surface area (Å²) in [6.45, 7) is 5.00. The summed E-state index contributed by atoms with van der Waals surface area (Å²) < 4.78 is 10.7. The minimum atomic E-state index is 0.116. The lowest BCUT2D eigenvalue weighted by Gasteiger charge is -2.36. The van der Waals surface area contributed by atoms with Crippen LogP contribution in [-0.4, -0.2) is 51.2 Å². The number of hydrogen-bond acceptors (Lipinski definition) is 4. The molecule has 1 aliphatic heterocycles. The second-order valence-corrected chi connectivity index (χ2v) is 6.13. The number of aryl methyl sites for hydroxylation is 1. The van der Waals surface area contributed by atoms with Gasteiger partial charge in [-0.25, -0.2) is 0 Å². The van der Waals surface area contributed by atoms with E-state index in [4.69, 9.17) is 9.47 Å². The summed E-state index contributed by atoms with van der Waals surface area (Å²) >= 11 is 0. The first-order valence-corrected chi connectivity index (χ1v) is 8.46. The SMILES string of the molecule is COc1ccc(N2CCN(C(=O)c3ccccc3C)CC2)cc1OC. The first kappa shape index (κ1) is 17.1. The number of carbonyl (C=O) groups excluding carboxylic acids is 1. The summed E-state index contributed by atoms with van der Waals surface area (Å²) in [6.07, 6.45) is 0. The number of carbonyl (C=O) groups is 1. The Kier molecular flexibility index (Phi) is 5.12. The van der Waals surface area contributed by atoms with Crippen LogP contribution in [0.3, 0.4) is 0 Å². The van der Waals surface area contributed by atoms with Gasteiger partial charge in [0.1, 0.15) is 0 Å². The second kappa shape index (κ2) is 7.47. The molecule has 1 saturated heterocycles. The van der Waals surface area contributed by atoms with E-state index >= 15 is 0 Å². The molecule has 0 atom stereocenters. The Labute approximate surface area is 148 Å². The summed E-state index contributed by atoms with van der Waals surface area (Å²) in [6, 6.07) is 13.7. The van der Waals surface area contributed by atoms with Crippen LogP contribution >= 0.6 is 0 Å². The lowest BCUT2D eigenvalue weighted by atomic mass is 10.1. The topological polar surface area (TPSA) is 42.0 Å². The zero-order chi connectivity index (χ0) is 17.8. The smallest absolute Gasteiger partial charge is 0.254 e. The molecule has 2 aromatic rings. The van der Waals surface area contributed by atoms with Gasteiger partial charge in [0.15, 0.2) is 11.5 Å². The molecule has 132 valence electrons. The van der Waals surface area contributed by atoms with E-state index in [1.165, 1.54) is 0 Å². The molecule has 1 fully saturated rings. The normalized spacial score (nSPS) is 14.4. The molecule has 0 aromatic heterocycles. The number of benzene rings is 2. The van der Waals surface area contributed by atoms with E-state index in [1.807, 2.05) is 54.3 Å². The van der Waals surface area contributed by atoms with Crippen LogP contribution in [-0.2, 0) is 0 Å². The van der Waals surface area contributed by atoms with Gasteiger partial charge in [-0.1, -0.05) is 18.2 Å². The minimum absolute atomic E-state index is 0.116. The number of anilines is 1. The standard InChI is InChI=1S/C20H24N2O3/c1-15-6-4-5-7-17(15)20(23)22-12-10-21(11-13-22)16-8-9-18(24-2)19(14-16)25-3/h4-9,14H,10-13H2,1-3H3. The van der Waals surface area contributed by atoms with E-state index in [1.54, 1.807) is 14.2 Å². The van der Waals surface area contributed by atoms with Crippen molar-refractivity contribution in [1.82, 2.24) is 4.90 Å². The van der Waals surface area contributed by atoms with E-state index in [9.17, 15) is 4.79 Å². The molecular formula is C20H24N2O3. The van der Waals surface area contributed by atoms with Crippen molar-refractivity contribution in [1.29, 1.82) is 0 Å². The largest absolute Gasteiger partial charge is 0.493 e. The Morgan fingerprint density at radius 2 is 1.60 bits per heavy atom. The highest BCUT2D eigenvalue weighted by Crippen LogP contribution is 2.32. The molecule has 1 heterocycles. The maximum Gasteiger partial charge on any atom is 0.254 e. The fourth-order valence-corrected chi connectivity index (χ4v) is 3.17. The van der Waals surface area contributed by atoms with Crippen molar-refractivity contribution >= 4 is 11.6 Å². The Morgan fingerprint density at radius 3 is 2.24 bits per heavy atom. The van der Waals surface area contributed by atoms with E-state index in [0.717, 1.165) is 41.4 Å².